The van der Waals surface area contributed by atoms with Gasteiger partial charge in [0.15, 0.2) is 0 Å². The predicted molar refractivity (Wildman–Crippen MR) is 38.0 cm³/mol. The minimum atomic E-state index is -4.51. The molecule has 0 atom stereocenters. The smallest absolute Gasteiger partial charge is 0.242 e. The number of hydrogen-bond acceptors (Lipinski definition) is 2. The summed E-state index contributed by atoms with van der Waals surface area (Å²) in [4.78, 5) is 5.41. The first-order valence-corrected chi connectivity index (χ1v) is 3.13. The van der Waals surface area contributed by atoms with E-state index >= 15 is 0 Å². The van der Waals surface area contributed by atoms with Gasteiger partial charge in [-0.15, -0.1) is 0 Å². The predicted octanol–water partition coefficient (Wildman–Crippen LogP) is 3.04. The molecular formula is C6H3F3N4. The van der Waals surface area contributed by atoms with Crippen LogP contribution in [0.1, 0.15) is 5.69 Å². The minimum absolute atomic E-state index is 0.294. The molecule has 4 nitrogen and oxygen atoms in total. The van der Waals surface area contributed by atoms with E-state index in [1.165, 1.54) is 6.07 Å². The number of alkyl halides is 3. The summed E-state index contributed by atoms with van der Waals surface area (Å²) < 4.78 is 36.0. The lowest BCUT2D eigenvalue weighted by Crippen LogP contribution is -2.06. The molecule has 0 fully saturated rings. The van der Waals surface area contributed by atoms with E-state index in [1.54, 1.807) is 0 Å². The maximum Gasteiger partial charge on any atom is 0.433 e. The second-order valence-corrected chi connectivity index (χ2v) is 2.07. The summed E-state index contributed by atoms with van der Waals surface area (Å²) in [5.41, 5.74) is 6.88. The summed E-state index contributed by atoms with van der Waals surface area (Å²) in [5.74, 6) is -0.294. The molecule has 0 aliphatic carbocycles. The van der Waals surface area contributed by atoms with Crippen LogP contribution in [0, 0.1) is 0 Å². The van der Waals surface area contributed by atoms with Crippen molar-refractivity contribution in [1.29, 1.82) is 0 Å². The van der Waals surface area contributed by atoms with Gasteiger partial charge in [0.1, 0.15) is 11.5 Å². The fourth-order valence-electron chi connectivity index (χ4n) is 0.683. The summed E-state index contributed by atoms with van der Waals surface area (Å²) in [6.07, 6.45) is -4.51. The van der Waals surface area contributed by atoms with E-state index in [-0.39, 0.29) is 5.82 Å². The molecule has 0 N–H and O–H groups in total. The van der Waals surface area contributed by atoms with Crippen molar-refractivity contribution in [3.8, 4) is 0 Å². The third kappa shape index (κ3) is 2.34. The summed E-state index contributed by atoms with van der Waals surface area (Å²) >= 11 is 0. The monoisotopic (exact) mass is 188 g/mol. The van der Waals surface area contributed by atoms with Gasteiger partial charge in [0.2, 0.25) is 0 Å². The molecule has 0 spiro atoms. The number of hydrogen-bond donors (Lipinski definition) is 0. The highest BCUT2D eigenvalue weighted by Gasteiger charge is 2.32. The molecular weight excluding hydrogens is 185 g/mol. The minimum Gasteiger partial charge on any atom is -0.242 e. The second-order valence-electron chi connectivity index (χ2n) is 2.07. The van der Waals surface area contributed by atoms with Crippen molar-refractivity contribution in [3.05, 3.63) is 34.3 Å². The Morgan fingerprint density at radius 1 is 1.38 bits per heavy atom. The number of aromatic nitrogens is 1. The molecule has 1 heterocycles. The molecule has 1 rings (SSSR count). The van der Waals surface area contributed by atoms with Gasteiger partial charge in [-0.05, 0) is 22.8 Å². The Balaban J connectivity index is 3.12. The molecule has 0 aromatic carbocycles. The Morgan fingerprint density at radius 2 is 2.08 bits per heavy atom. The van der Waals surface area contributed by atoms with Crippen LogP contribution in [0.5, 0.6) is 0 Å². The highest BCUT2D eigenvalue weighted by molar-refractivity contribution is 5.28. The lowest BCUT2D eigenvalue weighted by atomic mass is 10.3. The quantitative estimate of drug-likeness (QED) is 0.379. The van der Waals surface area contributed by atoms with Crippen molar-refractivity contribution in [2.24, 2.45) is 5.11 Å². The maximum absolute atomic E-state index is 12.0. The Bertz CT molecular complexity index is 353. The second kappa shape index (κ2) is 3.32. The molecule has 0 unspecified atom stereocenters. The molecule has 0 saturated heterocycles. The zero-order valence-electron chi connectivity index (χ0n) is 6.15. The molecule has 0 aliphatic heterocycles. The third-order valence-corrected chi connectivity index (χ3v) is 1.17. The van der Waals surface area contributed by atoms with E-state index in [9.17, 15) is 13.2 Å². The van der Waals surface area contributed by atoms with E-state index in [2.05, 4.69) is 15.0 Å². The van der Waals surface area contributed by atoms with Crippen molar-refractivity contribution >= 4 is 5.82 Å². The van der Waals surface area contributed by atoms with Gasteiger partial charge in [-0.3, -0.25) is 0 Å². The van der Waals surface area contributed by atoms with Gasteiger partial charge >= 0.3 is 6.18 Å². The van der Waals surface area contributed by atoms with Crippen molar-refractivity contribution in [2.45, 2.75) is 6.18 Å². The van der Waals surface area contributed by atoms with Crippen molar-refractivity contribution < 1.29 is 13.2 Å². The summed E-state index contributed by atoms with van der Waals surface area (Å²) in [5, 5.41) is 2.95. The van der Waals surface area contributed by atoms with Gasteiger partial charge in [-0.1, -0.05) is 6.07 Å². The SMILES string of the molecule is [N-]=[N+]=Nc1cccc(C(F)(F)F)n1. The van der Waals surface area contributed by atoms with Crippen LogP contribution in [0.25, 0.3) is 10.4 Å². The average Bonchev–Trinajstić information content (AvgIpc) is 2.04. The van der Waals surface area contributed by atoms with Crippen molar-refractivity contribution in [2.75, 3.05) is 0 Å². The number of halogens is 3. The molecule has 0 saturated carbocycles. The summed E-state index contributed by atoms with van der Waals surface area (Å²) in [7, 11) is 0. The zero-order valence-corrected chi connectivity index (χ0v) is 6.15. The Morgan fingerprint density at radius 3 is 2.62 bits per heavy atom. The summed E-state index contributed by atoms with van der Waals surface area (Å²) in [6.45, 7) is 0. The molecule has 13 heavy (non-hydrogen) atoms. The van der Waals surface area contributed by atoms with Gasteiger partial charge in [-0.25, -0.2) is 4.98 Å². The third-order valence-electron chi connectivity index (χ3n) is 1.17. The van der Waals surface area contributed by atoms with Gasteiger partial charge < -0.3 is 0 Å². The van der Waals surface area contributed by atoms with Crippen LogP contribution in [-0.2, 0) is 6.18 Å². The van der Waals surface area contributed by atoms with Gasteiger partial charge in [0.05, 0.1) is 0 Å². The van der Waals surface area contributed by atoms with Crippen LogP contribution >= 0.6 is 0 Å². The van der Waals surface area contributed by atoms with E-state index in [0.29, 0.717) is 0 Å². The topological polar surface area (TPSA) is 61.7 Å². The molecule has 0 aliphatic rings. The fraction of sp³-hybridized carbons (Fsp3) is 0.167. The van der Waals surface area contributed by atoms with Gasteiger partial charge in [0.25, 0.3) is 0 Å². The zero-order chi connectivity index (χ0) is 9.90. The largest absolute Gasteiger partial charge is 0.433 e. The molecule has 0 radical (unpaired) electrons. The lowest BCUT2D eigenvalue weighted by molar-refractivity contribution is -0.141. The van der Waals surface area contributed by atoms with Crippen LogP contribution < -0.4 is 0 Å². The molecule has 0 amide bonds. The molecule has 68 valence electrons. The number of nitrogens with zero attached hydrogens (tertiary/aromatic N) is 4. The normalized spacial score (nSPS) is 10.7. The van der Waals surface area contributed by atoms with E-state index < -0.39 is 11.9 Å². The molecule has 7 heteroatoms. The van der Waals surface area contributed by atoms with Crippen LogP contribution in [0.15, 0.2) is 23.3 Å². The fourth-order valence-corrected chi connectivity index (χ4v) is 0.683. The first-order chi connectivity index (χ1) is 6.04. The van der Waals surface area contributed by atoms with E-state index in [0.717, 1.165) is 12.1 Å². The molecule has 1 aromatic rings. The number of azide groups is 1. The highest BCUT2D eigenvalue weighted by Crippen LogP contribution is 2.28. The Kier molecular flexibility index (Phi) is 2.39. The van der Waals surface area contributed by atoms with Crippen molar-refractivity contribution in [1.82, 2.24) is 4.98 Å². The maximum atomic E-state index is 12.0. The first-order valence-electron chi connectivity index (χ1n) is 3.13. The van der Waals surface area contributed by atoms with Crippen LogP contribution in [-0.4, -0.2) is 4.98 Å². The van der Waals surface area contributed by atoms with Gasteiger partial charge in [0, 0.05) is 4.91 Å². The van der Waals surface area contributed by atoms with Gasteiger partial charge in [-0.2, -0.15) is 13.2 Å². The Labute approximate surface area is 70.6 Å². The van der Waals surface area contributed by atoms with Crippen LogP contribution in [0.4, 0.5) is 19.0 Å². The first kappa shape index (κ1) is 9.34. The Hall–Kier alpha value is -1.75. The lowest BCUT2D eigenvalue weighted by Gasteiger charge is -2.04. The van der Waals surface area contributed by atoms with Crippen molar-refractivity contribution in [3.63, 3.8) is 0 Å². The average molecular weight is 188 g/mol. The standard InChI is InChI=1S/C6H3F3N4/c7-6(8,9)4-2-1-3-5(11-4)12-13-10/h1-3H. The molecule has 1 aromatic heterocycles. The van der Waals surface area contributed by atoms with Crippen LogP contribution in [0.3, 0.4) is 0 Å². The number of rotatable bonds is 1. The summed E-state index contributed by atoms with van der Waals surface area (Å²) in [6, 6.07) is 3.12. The highest BCUT2D eigenvalue weighted by atomic mass is 19.4. The van der Waals surface area contributed by atoms with E-state index in [4.69, 9.17) is 5.53 Å². The van der Waals surface area contributed by atoms with E-state index in [1.807, 2.05) is 0 Å². The van der Waals surface area contributed by atoms with Crippen LogP contribution in [0.2, 0.25) is 0 Å². The number of pyridine rings is 1. The molecule has 0 bridgehead atoms.